The maximum Gasteiger partial charge on any atom is 0.123 e. The number of aliphatic hydroxyl groups excluding tert-OH is 1. The molecule has 2 aromatic rings. The number of rotatable bonds is 1. The molecule has 0 unspecified atom stereocenters. The topological polar surface area (TPSA) is 44.0 Å². The second-order valence-electron chi connectivity index (χ2n) is 3.27. The van der Waals surface area contributed by atoms with E-state index in [1.807, 2.05) is 6.07 Å². The molecule has 3 heteroatoms. The van der Waals surface area contributed by atoms with Crippen LogP contribution < -0.4 is 0 Å². The predicted octanol–water partition coefficient (Wildman–Crippen LogP) is 2.34. The number of hydrogen-bond acceptors (Lipinski definition) is 2. The Morgan fingerprint density at radius 2 is 2.07 bits per heavy atom. The molecule has 0 heterocycles. The van der Waals surface area contributed by atoms with E-state index in [2.05, 4.69) is 0 Å². The Morgan fingerprint density at radius 3 is 2.73 bits per heavy atom. The van der Waals surface area contributed by atoms with Crippen molar-refractivity contribution in [3.05, 3.63) is 47.3 Å². The van der Waals surface area contributed by atoms with E-state index in [4.69, 9.17) is 10.4 Å². The first-order valence-electron chi connectivity index (χ1n) is 4.48. The fourth-order valence-electron chi connectivity index (χ4n) is 1.62. The molecular formula is C12H8FNO. The van der Waals surface area contributed by atoms with Crippen LogP contribution in [-0.2, 0) is 6.61 Å². The van der Waals surface area contributed by atoms with Crippen molar-refractivity contribution in [2.75, 3.05) is 0 Å². The Morgan fingerprint density at radius 1 is 1.27 bits per heavy atom. The number of aliphatic hydroxyl groups is 1. The average molecular weight is 201 g/mol. The molecule has 0 aliphatic heterocycles. The molecule has 0 aromatic heterocycles. The summed E-state index contributed by atoms with van der Waals surface area (Å²) in [6.45, 7) is -0.155. The van der Waals surface area contributed by atoms with Crippen LogP contribution in [0.5, 0.6) is 0 Å². The standard InChI is InChI=1S/C12H8FNO/c13-11-1-2-12-9(5-11)3-8(6-14)4-10(12)7-15/h1-5,15H,7H2. The van der Waals surface area contributed by atoms with E-state index in [9.17, 15) is 4.39 Å². The molecule has 0 saturated carbocycles. The zero-order valence-electron chi connectivity index (χ0n) is 7.87. The lowest BCUT2D eigenvalue weighted by Gasteiger charge is -2.04. The molecule has 74 valence electrons. The number of halogens is 1. The minimum absolute atomic E-state index is 0.155. The first-order valence-corrected chi connectivity index (χ1v) is 4.48. The molecule has 0 aliphatic rings. The van der Waals surface area contributed by atoms with Gasteiger partial charge >= 0.3 is 0 Å². The van der Waals surface area contributed by atoms with Gasteiger partial charge in [-0.2, -0.15) is 5.26 Å². The number of benzene rings is 2. The first-order chi connectivity index (χ1) is 7.24. The molecule has 0 fully saturated rings. The fraction of sp³-hybridized carbons (Fsp3) is 0.0833. The van der Waals surface area contributed by atoms with Gasteiger partial charge in [0.25, 0.3) is 0 Å². The molecule has 0 atom stereocenters. The summed E-state index contributed by atoms with van der Waals surface area (Å²) in [4.78, 5) is 0. The first kappa shape index (κ1) is 9.63. The van der Waals surface area contributed by atoms with Crippen molar-refractivity contribution < 1.29 is 9.50 Å². The molecule has 15 heavy (non-hydrogen) atoms. The highest BCUT2D eigenvalue weighted by atomic mass is 19.1. The molecule has 0 spiro atoms. The smallest absolute Gasteiger partial charge is 0.123 e. The van der Waals surface area contributed by atoms with Crippen molar-refractivity contribution in [3.8, 4) is 6.07 Å². The van der Waals surface area contributed by atoms with Gasteiger partial charge in [0.15, 0.2) is 0 Å². The molecule has 2 nitrogen and oxygen atoms in total. The van der Waals surface area contributed by atoms with E-state index in [-0.39, 0.29) is 12.4 Å². The van der Waals surface area contributed by atoms with Gasteiger partial charge in [0, 0.05) is 0 Å². The van der Waals surface area contributed by atoms with Crippen molar-refractivity contribution in [1.82, 2.24) is 0 Å². The summed E-state index contributed by atoms with van der Waals surface area (Å²) < 4.78 is 13.0. The van der Waals surface area contributed by atoms with Crippen LogP contribution in [0.3, 0.4) is 0 Å². The summed E-state index contributed by atoms with van der Waals surface area (Å²) in [5.41, 5.74) is 1.07. The highest BCUT2D eigenvalue weighted by Crippen LogP contribution is 2.22. The molecule has 1 N–H and O–H groups in total. The van der Waals surface area contributed by atoms with Crippen LogP contribution in [0.2, 0.25) is 0 Å². The Balaban J connectivity index is 2.82. The van der Waals surface area contributed by atoms with E-state index in [1.165, 1.54) is 12.1 Å². The lowest BCUT2D eigenvalue weighted by atomic mass is 10.0. The second kappa shape index (κ2) is 3.68. The van der Waals surface area contributed by atoms with Crippen molar-refractivity contribution in [3.63, 3.8) is 0 Å². The van der Waals surface area contributed by atoms with Gasteiger partial charge in [-0.05, 0) is 40.6 Å². The zero-order chi connectivity index (χ0) is 10.8. The summed E-state index contributed by atoms with van der Waals surface area (Å²) in [5, 5.41) is 19.3. The summed E-state index contributed by atoms with van der Waals surface area (Å²) in [7, 11) is 0. The van der Waals surface area contributed by atoms with Gasteiger partial charge in [0.05, 0.1) is 18.2 Å². The van der Waals surface area contributed by atoms with Gasteiger partial charge in [-0.1, -0.05) is 6.07 Å². The largest absolute Gasteiger partial charge is 0.392 e. The number of fused-ring (bicyclic) bond motifs is 1. The number of hydrogen-bond donors (Lipinski definition) is 1. The Hall–Kier alpha value is -1.92. The van der Waals surface area contributed by atoms with Gasteiger partial charge in [-0.25, -0.2) is 4.39 Å². The lowest BCUT2D eigenvalue weighted by Crippen LogP contribution is -1.89. The molecule has 2 aromatic carbocycles. The van der Waals surface area contributed by atoms with Crippen LogP contribution in [0.1, 0.15) is 11.1 Å². The van der Waals surface area contributed by atoms with Gasteiger partial charge in [-0.15, -0.1) is 0 Å². The van der Waals surface area contributed by atoms with Gasteiger partial charge in [0.1, 0.15) is 5.82 Å². The molecule has 0 amide bonds. The van der Waals surface area contributed by atoms with Gasteiger partial charge in [-0.3, -0.25) is 0 Å². The Labute approximate surface area is 86.2 Å². The van der Waals surface area contributed by atoms with Crippen LogP contribution in [0.25, 0.3) is 10.8 Å². The third-order valence-electron chi connectivity index (χ3n) is 2.30. The molecular weight excluding hydrogens is 193 g/mol. The van der Waals surface area contributed by atoms with E-state index in [0.717, 1.165) is 5.39 Å². The third-order valence-corrected chi connectivity index (χ3v) is 2.30. The fourth-order valence-corrected chi connectivity index (χ4v) is 1.62. The summed E-state index contributed by atoms with van der Waals surface area (Å²) in [6, 6.07) is 9.51. The molecule has 0 radical (unpaired) electrons. The lowest BCUT2D eigenvalue weighted by molar-refractivity contribution is 0.283. The van der Waals surface area contributed by atoms with E-state index in [0.29, 0.717) is 16.5 Å². The quantitative estimate of drug-likeness (QED) is 0.769. The molecule has 2 rings (SSSR count). The van der Waals surface area contributed by atoms with Crippen molar-refractivity contribution >= 4 is 10.8 Å². The highest BCUT2D eigenvalue weighted by molar-refractivity contribution is 5.87. The van der Waals surface area contributed by atoms with Crippen molar-refractivity contribution in [1.29, 1.82) is 5.26 Å². The normalized spacial score (nSPS) is 10.2. The Bertz CT molecular complexity index is 557. The number of nitrogens with zero attached hydrogens (tertiary/aromatic N) is 1. The summed E-state index contributed by atoms with van der Waals surface area (Å²) >= 11 is 0. The molecule has 0 bridgehead atoms. The zero-order valence-corrected chi connectivity index (χ0v) is 7.87. The minimum atomic E-state index is -0.346. The van der Waals surface area contributed by atoms with Crippen molar-refractivity contribution in [2.24, 2.45) is 0 Å². The van der Waals surface area contributed by atoms with E-state index < -0.39 is 0 Å². The SMILES string of the molecule is N#Cc1cc(CO)c2ccc(F)cc2c1. The summed E-state index contributed by atoms with van der Waals surface area (Å²) in [6.07, 6.45) is 0. The second-order valence-corrected chi connectivity index (χ2v) is 3.27. The van der Waals surface area contributed by atoms with Crippen molar-refractivity contribution in [2.45, 2.75) is 6.61 Å². The maximum atomic E-state index is 13.0. The van der Waals surface area contributed by atoms with Crippen LogP contribution in [-0.4, -0.2) is 5.11 Å². The predicted molar refractivity (Wildman–Crippen MR) is 54.5 cm³/mol. The van der Waals surface area contributed by atoms with Gasteiger partial charge < -0.3 is 5.11 Å². The van der Waals surface area contributed by atoms with Gasteiger partial charge in [0.2, 0.25) is 0 Å². The average Bonchev–Trinajstić information content (AvgIpc) is 2.26. The Kier molecular flexibility index (Phi) is 2.36. The monoisotopic (exact) mass is 201 g/mol. The highest BCUT2D eigenvalue weighted by Gasteiger charge is 2.04. The summed E-state index contributed by atoms with van der Waals surface area (Å²) in [5.74, 6) is -0.346. The molecule has 0 saturated heterocycles. The van der Waals surface area contributed by atoms with E-state index >= 15 is 0 Å². The van der Waals surface area contributed by atoms with Crippen LogP contribution in [0.4, 0.5) is 4.39 Å². The van der Waals surface area contributed by atoms with Crippen LogP contribution in [0.15, 0.2) is 30.3 Å². The van der Waals surface area contributed by atoms with Crippen LogP contribution in [0, 0.1) is 17.1 Å². The third kappa shape index (κ3) is 1.67. The number of nitriles is 1. The molecule has 0 aliphatic carbocycles. The van der Waals surface area contributed by atoms with E-state index in [1.54, 1.807) is 18.2 Å². The maximum absolute atomic E-state index is 13.0. The van der Waals surface area contributed by atoms with Crippen LogP contribution >= 0.6 is 0 Å². The minimum Gasteiger partial charge on any atom is -0.392 e.